The van der Waals surface area contributed by atoms with Gasteiger partial charge in [0.25, 0.3) is 0 Å². The Bertz CT molecular complexity index is 896. The van der Waals surface area contributed by atoms with Gasteiger partial charge in [0.1, 0.15) is 17.7 Å². The van der Waals surface area contributed by atoms with Crippen LogP contribution in [0.5, 0.6) is 5.75 Å². The van der Waals surface area contributed by atoms with Gasteiger partial charge < -0.3 is 14.7 Å². The van der Waals surface area contributed by atoms with Crippen molar-refractivity contribution >= 4 is 23.0 Å². The van der Waals surface area contributed by atoms with Crippen LogP contribution in [0, 0.1) is 17.7 Å². The van der Waals surface area contributed by atoms with Gasteiger partial charge in [0.05, 0.1) is 17.4 Å². The molecule has 2 heterocycles. The lowest BCUT2D eigenvalue weighted by Crippen LogP contribution is -2.42. The second-order valence-corrected chi connectivity index (χ2v) is 8.93. The Morgan fingerprint density at radius 3 is 2.55 bits per heavy atom. The number of aliphatic hydroxyl groups excluding tert-OH is 1. The Hall–Kier alpha value is -2.25. The van der Waals surface area contributed by atoms with Crippen LogP contribution in [0.3, 0.4) is 0 Å². The van der Waals surface area contributed by atoms with Crippen molar-refractivity contribution in [2.75, 3.05) is 13.1 Å². The van der Waals surface area contributed by atoms with E-state index in [1.54, 1.807) is 18.2 Å². The molecule has 1 aliphatic carbocycles. The van der Waals surface area contributed by atoms with E-state index in [2.05, 4.69) is 0 Å². The third-order valence-electron chi connectivity index (χ3n) is 5.89. The molecule has 1 saturated carbocycles. The van der Waals surface area contributed by atoms with Gasteiger partial charge >= 0.3 is 0 Å². The SMILES string of the molecule is CC(=O)c1cc(CC(=O)N2C[C@H]3C[C@@H](Oc4ccc(F)cc4)[C@H](O)C[C@H]3C2)cs1. The van der Waals surface area contributed by atoms with Crippen LogP contribution < -0.4 is 4.74 Å². The Morgan fingerprint density at radius 2 is 1.90 bits per heavy atom. The highest BCUT2D eigenvalue weighted by Crippen LogP contribution is 2.38. The lowest BCUT2D eigenvalue weighted by molar-refractivity contribution is -0.129. The number of likely N-dealkylation sites (tertiary alicyclic amines) is 1. The number of carbonyl (C=O) groups excluding carboxylic acids is 2. The lowest BCUT2D eigenvalue weighted by atomic mass is 9.78. The molecule has 1 aromatic carbocycles. The normalized spacial score (nSPS) is 26.2. The molecule has 2 aromatic rings. The fraction of sp³-hybridized carbons (Fsp3) is 0.455. The second-order valence-electron chi connectivity index (χ2n) is 8.02. The van der Waals surface area contributed by atoms with Crippen molar-refractivity contribution in [2.45, 2.75) is 38.4 Å². The van der Waals surface area contributed by atoms with E-state index in [1.807, 2.05) is 10.3 Å². The molecular weight excluding hydrogens is 393 g/mol. The van der Waals surface area contributed by atoms with Gasteiger partial charge in [-0.2, -0.15) is 0 Å². The molecule has 2 aliphatic rings. The number of hydrogen-bond acceptors (Lipinski definition) is 5. The largest absolute Gasteiger partial charge is 0.488 e. The number of fused-ring (bicyclic) bond motifs is 1. The first kappa shape index (κ1) is 20.0. The van der Waals surface area contributed by atoms with Crippen LogP contribution in [0.1, 0.15) is 35.0 Å². The first-order valence-corrected chi connectivity index (χ1v) is 10.7. The summed E-state index contributed by atoms with van der Waals surface area (Å²) in [7, 11) is 0. The fourth-order valence-electron chi connectivity index (χ4n) is 4.35. The molecule has 0 unspecified atom stereocenters. The van der Waals surface area contributed by atoms with E-state index < -0.39 is 6.10 Å². The number of halogens is 1. The van der Waals surface area contributed by atoms with E-state index in [-0.39, 0.29) is 35.4 Å². The number of aliphatic hydroxyl groups is 1. The number of carbonyl (C=O) groups is 2. The minimum atomic E-state index is -0.605. The van der Waals surface area contributed by atoms with Crippen LogP contribution in [-0.4, -0.2) is 47.0 Å². The number of amides is 1. The lowest BCUT2D eigenvalue weighted by Gasteiger charge is -2.35. The highest BCUT2D eigenvalue weighted by atomic mass is 32.1. The van der Waals surface area contributed by atoms with E-state index in [0.717, 1.165) is 5.56 Å². The molecule has 4 atom stereocenters. The molecule has 0 bridgehead atoms. The highest BCUT2D eigenvalue weighted by molar-refractivity contribution is 7.12. The minimum absolute atomic E-state index is 0.0158. The summed E-state index contributed by atoms with van der Waals surface area (Å²) in [4.78, 5) is 26.7. The van der Waals surface area contributed by atoms with Gasteiger partial charge in [-0.3, -0.25) is 9.59 Å². The molecule has 1 N–H and O–H groups in total. The zero-order chi connectivity index (χ0) is 20.5. The van der Waals surface area contributed by atoms with Gasteiger partial charge in [-0.25, -0.2) is 4.39 Å². The summed E-state index contributed by atoms with van der Waals surface area (Å²) >= 11 is 1.37. The summed E-state index contributed by atoms with van der Waals surface area (Å²) in [5, 5.41) is 12.4. The molecule has 154 valence electrons. The van der Waals surface area contributed by atoms with Gasteiger partial charge in [-0.1, -0.05) is 0 Å². The Labute approximate surface area is 173 Å². The third-order valence-corrected chi connectivity index (χ3v) is 6.97. The Kier molecular flexibility index (Phi) is 5.69. The zero-order valence-corrected chi connectivity index (χ0v) is 17.0. The Balaban J connectivity index is 1.35. The smallest absolute Gasteiger partial charge is 0.227 e. The van der Waals surface area contributed by atoms with Crippen LogP contribution in [0.4, 0.5) is 4.39 Å². The summed E-state index contributed by atoms with van der Waals surface area (Å²) in [5.74, 6) is 0.825. The monoisotopic (exact) mass is 417 g/mol. The van der Waals surface area contributed by atoms with E-state index in [9.17, 15) is 19.1 Å². The first-order chi connectivity index (χ1) is 13.9. The molecular formula is C22H24FNO4S. The number of ether oxygens (including phenoxy) is 1. The Morgan fingerprint density at radius 1 is 1.21 bits per heavy atom. The van der Waals surface area contributed by atoms with Crippen molar-refractivity contribution in [3.05, 3.63) is 52.0 Å². The number of rotatable bonds is 5. The van der Waals surface area contributed by atoms with Crippen molar-refractivity contribution in [3.63, 3.8) is 0 Å². The highest BCUT2D eigenvalue weighted by Gasteiger charge is 2.43. The average Bonchev–Trinajstić information content (AvgIpc) is 3.31. The number of thiophene rings is 1. The quantitative estimate of drug-likeness (QED) is 0.758. The molecule has 1 aromatic heterocycles. The standard InChI is InChI=1S/C22H24FNO4S/c1-13(25)21-6-14(12-29-21)7-22(27)24-10-15-8-19(26)20(9-16(15)11-24)28-18-4-2-17(23)3-5-18/h2-6,12,15-16,19-20,26H,7-11H2,1H3/t15-,16+,19+,20+/m0/s1. The van der Waals surface area contributed by atoms with Crippen molar-refractivity contribution in [2.24, 2.45) is 11.8 Å². The summed E-state index contributed by atoms with van der Waals surface area (Å²) < 4.78 is 19.0. The molecule has 0 radical (unpaired) electrons. The summed E-state index contributed by atoms with van der Waals surface area (Å²) in [6, 6.07) is 7.60. The number of Topliss-reactive ketones (excluding diaryl/α,β-unsaturated/α-hetero) is 1. The topological polar surface area (TPSA) is 66.8 Å². The van der Waals surface area contributed by atoms with Crippen molar-refractivity contribution in [1.82, 2.24) is 4.90 Å². The van der Waals surface area contributed by atoms with Gasteiger partial charge in [-0.15, -0.1) is 11.3 Å². The number of benzene rings is 1. The van der Waals surface area contributed by atoms with Crippen molar-refractivity contribution in [3.8, 4) is 5.75 Å². The van der Waals surface area contributed by atoms with Crippen LogP contribution in [0.15, 0.2) is 35.7 Å². The van der Waals surface area contributed by atoms with Gasteiger partial charge in [0, 0.05) is 13.1 Å². The van der Waals surface area contributed by atoms with Crippen molar-refractivity contribution < 1.29 is 23.8 Å². The zero-order valence-electron chi connectivity index (χ0n) is 16.2. The van der Waals surface area contributed by atoms with Crippen LogP contribution in [0.25, 0.3) is 0 Å². The van der Waals surface area contributed by atoms with Gasteiger partial charge in [0.15, 0.2) is 5.78 Å². The van der Waals surface area contributed by atoms with E-state index in [4.69, 9.17) is 4.74 Å². The number of ketones is 1. The molecule has 1 amide bonds. The van der Waals surface area contributed by atoms with Gasteiger partial charge in [0.2, 0.25) is 5.91 Å². The average molecular weight is 418 g/mol. The molecule has 29 heavy (non-hydrogen) atoms. The molecule has 2 fully saturated rings. The molecule has 0 spiro atoms. The maximum absolute atomic E-state index is 13.1. The van der Waals surface area contributed by atoms with Crippen LogP contribution in [0.2, 0.25) is 0 Å². The molecule has 5 nitrogen and oxygen atoms in total. The molecule has 1 saturated heterocycles. The van der Waals surface area contributed by atoms with E-state index >= 15 is 0 Å². The maximum atomic E-state index is 13.1. The molecule has 4 rings (SSSR count). The number of hydrogen-bond donors (Lipinski definition) is 1. The first-order valence-electron chi connectivity index (χ1n) is 9.85. The van der Waals surface area contributed by atoms with E-state index in [0.29, 0.717) is 43.0 Å². The summed E-state index contributed by atoms with van der Waals surface area (Å²) in [6.07, 6.45) is 0.590. The van der Waals surface area contributed by atoms with E-state index in [1.165, 1.54) is 30.4 Å². The van der Waals surface area contributed by atoms with Crippen LogP contribution >= 0.6 is 11.3 Å². The third kappa shape index (κ3) is 4.51. The fourth-order valence-corrected chi connectivity index (χ4v) is 5.16. The van der Waals surface area contributed by atoms with Gasteiger partial charge in [-0.05, 0) is 72.9 Å². The van der Waals surface area contributed by atoms with Crippen molar-refractivity contribution in [1.29, 1.82) is 0 Å². The van der Waals surface area contributed by atoms with Crippen LogP contribution in [-0.2, 0) is 11.2 Å². The summed E-state index contributed by atoms with van der Waals surface area (Å²) in [5.41, 5.74) is 0.873. The maximum Gasteiger partial charge on any atom is 0.227 e. The predicted molar refractivity (Wildman–Crippen MR) is 108 cm³/mol. The summed E-state index contributed by atoms with van der Waals surface area (Å²) in [6.45, 7) is 2.83. The minimum Gasteiger partial charge on any atom is -0.488 e. The number of nitrogens with zero attached hydrogens (tertiary/aromatic N) is 1. The second kappa shape index (κ2) is 8.24. The molecule has 1 aliphatic heterocycles. The molecule has 7 heteroatoms. The predicted octanol–water partition coefficient (Wildman–Crippen LogP) is 3.31.